The maximum Gasteiger partial charge on any atom is 0.202 e. The van der Waals surface area contributed by atoms with Gasteiger partial charge in [0.05, 0.1) is 0 Å². The van der Waals surface area contributed by atoms with E-state index in [1.807, 2.05) is 6.20 Å². The van der Waals surface area contributed by atoms with Crippen LogP contribution in [-0.2, 0) is 11.3 Å². The van der Waals surface area contributed by atoms with Crippen molar-refractivity contribution in [3.05, 3.63) is 12.4 Å². The van der Waals surface area contributed by atoms with Gasteiger partial charge in [0.25, 0.3) is 0 Å². The number of likely N-dealkylation sites (N-methyl/N-ethyl adjacent to an activating group) is 1. The number of methoxy groups -OCH3 is 1. The Bertz CT molecular complexity index is 366. The standard InChI is InChI=1S/C14H26N4O/c1-3-17-9-4-6-13(17)12-18-10-8-16-14(18)15-7-5-11-19-2/h8,10,13H,3-7,9,11-12H2,1-2H3,(H,15,16). The highest BCUT2D eigenvalue weighted by Gasteiger charge is 2.23. The molecule has 1 N–H and O–H groups in total. The molecule has 0 aliphatic carbocycles. The van der Waals surface area contributed by atoms with Gasteiger partial charge in [-0.1, -0.05) is 6.92 Å². The molecular weight excluding hydrogens is 240 g/mol. The van der Waals surface area contributed by atoms with Crippen LogP contribution in [0.2, 0.25) is 0 Å². The molecule has 1 aliphatic heterocycles. The molecule has 0 radical (unpaired) electrons. The molecule has 2 heterocycles. The Balaban J connectivity index is 1.84. The van der Waals surface area contributed by atoms with Gasteiger partial charge in [-0.25, -0.2) is 4.98 Å². The van der Waals surface area contributed by atoms with Crippen molar-refractivity contribution in [3.8, 4) is 0 Å². The Morgan fingerprint density at radius 1 is 1.53 bits per heavy atom. The van der Waals surface area contributed by atoms with Gasteiger partial charge in [-0.05, 0) is 32.4 Å². The fraction of sp³-hybridized carbons (Fsp3) is 0.786. The normalized spacial score (nSPS) is 20.0. The van der Waals surface area contributed by atoms with Crippen molar-refractivity contribution in [1.82, 2.24) is 14.5 Å². The topological polar surface area (TPSA) is 42.3 Å². The summed E-state index contributed by atoms with van der Waals surface area (Å²) in [5.41, 5.74) is 0. The molecule has 1 saturated heterocycles. The second-order valence-corrected chi connectivity index (χ2v) is 5.10. The quantitative estimate of drug-likeness (QED) is 0.729. The van der Waals surface area contributed by atoms with E-state index in [-0.39, 0.29) is 0 Å². The van der Waals surface area contributed by atoms with E-state index in [0.717, 1.165) is 38.6 Å². The summed E-state index contributed by atoms with van der Waals surface area (Å²) in [6.45, 7) is 7.38. The van der Waals surface area contributed by atoms with Crippen LogP contribution in [0.25, 0.3) is 0 Å². The minimum absolute atomic E-state index is 0.665. The summed E-state index contributed by atoms with van der Waals surface area (Å²) >= 11 is 0. The zero-order valence-electron chi connectivity index (χ0n) is 12.1. The number of hydrogen-bond donors (Lipinski definition) is 1. The molecule has 1 aromatic rings. The van der Waals surface area contributed by atoms with E-state index < -0.39 is 0 Å². The van der Waals surface area contributed by atoms with Crippen molar-refractivity contribution in [2.45, 2.75) is 38.8 Å². The van der Waals surface area contributed by atoms with E-state index in [9.17, 15) is 0 Å². The molecule has 108 valence electrons. The molecule has 0 bridgehead atoms. The molecule has 5 nitrogen and oxygen atoms in total. The lowest BCUT2D eigenvalue weighted by Crippen LogP contribution is -2.32. The number of hydrogen-bond acceptors (Lipinski definition) is 4. The Morgan fingerprint density at radius 3 is 3.21 bits per heavy atom. The average molecular weight is 266 g/mol. The van der Waals surface area contributed by atoms with Gasteiger partial charge in [-0.15, -0.1) is 0 Å². The summed E-state index contributed by atoms with van der Waals surface area (Å²) < 4.78 is 7.30. The molecule has 1 atom stereocenters. The first-order valence-corrected chi connectivity index (χ1v) is 7.33. The number of nitrogens with one attached hydrogen (secondary N) is 1. The van der Waals surface area contributed by atoms with E-state index in [0.29, 0.717) is 6.04 Å². The summed E-state index contributed by atoms with van der Waals surface area (Å²) in [5.74, 6) is 0.985. The van der Waals surface area contributed by atoms with Crippen LogP contribution in [-0.4, -0.2) is 53.8 Å². The molecule has 0 amide bonds. The van der Waals surface area contributed by atoms with E-state index in [2.05, 4.69) is 32.9 Å². The zero-order chi connectivity index (χ0) is 13.5. The van der Waals surface area contributed by atoms with Gasteiger partial charge in [-0.2, -0.15) is 0 Å². The first-order valence-electron chi connectivity index (χ1n) is 7.33. The van der Waals surface area contributed by atoms with Crippen molar-refractivity contribution >= 4 is 5.95 Å². The van der Waals surface area contributed by atoms with Crippen molar-refractivity contribution < 1.29 is 4.74 Å². The highest BCUT2D eigenvalue weighted by molar-refractivity contribution is 5.25. The smallest absolute Gasteiger partial charge is 0.202 e. The lowest BCUT2D eigenvalue weighted by atomic mass is 10.2. The van der Waals surface area contributed by atoms with Crippen LogP contribution in [0.15, 0.2) is 12.4 Å². The summed E-state index contributed by atoms with van der Waals surface area (Å²) in [5, 5.41) is 3.39. The molecule has 0 saturated carbocycles. The molecule has 2 rings (SSSR count). The van der Waals surface area contributed by atoms with Gasteiger partial charge in [0.2, 0.25) is 5.95 Å². The van der Waals surface area contributed by atoms with Crippen molar-refractivity contribution in [2.24, 2.45) is 0 Å². The van der Waals surface area contributed by atoms with E-state index in [4.69, 9.17) is 4.74 Å². The Labute approximate surface area is 116 Å². The van der Waals surface area contributed by atoms with E-state index in [1.54, 1.807) is 7.11 Å². The average Bonchev–Trinajstić information content (AvgIpc) is 3.04. The molecule has 1 aromatic heterocycles. The monoisotopic (exact) mass is 266 g/mol. The first-order chi connectivity index (χ1) is 9.35. The number of nitrogens with zero attached hydrogens (tertiary/aromatic N) is 3. The highest BCUT2D eigenvalue weighted by atomic mass is 16.5. The SMILES string of the molecule is CCN1CCCC1Cn1ccnc1NCCCOC. The highest BCUT2D eigenvalue weighted by Crippen LogP contribution is 2.19. The maximum absolute atomic E-state index is 5.05. The Hall–Kier alpha value is -1.07. The van der Waals surface area contributed by atoms with Crippen LogP contribution < -0.4 is 5.32 Å². The van der Waals surface area contributed by atoms with Gasteiger partial charge < -0.3 is 14.6 Å². The summed E-state index contributed by atoms with van der Waals surface area (Å²) in [7, 11) is 1.74. The third kappa shape index (κ3) is 3.94. The molecule has 1 unspecified atom stereocenters. The molecular formula is C14H26N4O. The predicted octanol–water partition coefficient (Wildman–Crippen LogP) is 1.82. The van der Waals surface area contributed by atoms with Crippen LogP contribution >= 0.6 is 0 Å². The second-order valence-electron chi connectivity index (χ2n) is 5.10. The van der Waals surface area contributed by atoms with Gasteiger partial charge >= 0.3 is 0 Å². The number of ether oxygens (including phenoxy) is 1. The van der Waals surface area contributed by atoms with Gasteiger partial charge in [0.1, 0.15) is 0 Å². The Morgan fingerprint density at radius 2 is 2.42 bits per heavy atom. The molecule has 5 heteroatoms. The maximum atomic E-state index is 5.05. The molecule has 0 aromatic carbocycles. The predicted molar refractivity (Wildman–Crippen MR) is 77.5 cm³/mol. The van der Waals surface area contributed by atoms with Crippen LogP contribution in [0.5, 0.6) is 0 Å². The fourth-order valence-corrected chi connectivity index (χ4v) is 2.79. The van der Waals surface area contributed by atoms with Crippen molar-refractivity contribution in [2.75, 3.05) is 38.7 Å². The lowest BCUT2D eigenvalue weighted by Gasteiger charge is -2.23. The third-order valence-electron chi connectivity index (χ3n) is 3.84. The van der Waals surface area contributed by atoms with Crippen LogP contribution in [0.1, 0.15) is 26.2 Å². The van der Waals surface area contributed by atoms with Gasteiger partial charge in [0.15, 0.2) is 0 Å². The zero-order valence-corrected chi connectivity index (χ0v) is 12.1. The molecule has 1 aliphatic rings. The molecule has 1 fully saturated rings. The fourth-order valence-electron chi connectivity index (χ4n) is 2.79. The lowest BCUT2D eigenvalue weighted by molar-refractivity contribution is 0.197. The number of aromatic nitrogens is 2. The molecule has 0 spiro atoms. The van der Waals surface area contributed by atoms with Gasteiger partial charge in [-0.3, -0.25) is 4.90 Å². The first kappa shape index (κ1) is 14.3. The summed E-state index contributed by atoms with van der Waals surface area (Å²) in [6, 6.07) is 0.665. The molecule has 19 heavy (non-hydrogen) atoms. The van der Waals surface area contributed by atoms with Crippen LogP contribution in [0.3, 0.4) is 0 Å². The van der Waals surface area contributed by atoms with Crippen molar-refractivity contribution in [3.63, 3.8) is 0 Å². The minimum Gasteiger partial charge on any atom is -0.385 e. The number of likely N-dealkylation sites (tertiary alicyclic amines) is 1. The largest absolute Gasteiger partial charge is 0.385 e. The van der Waals surface area contributed by atoms with Crippen molar-refractivity contribution in [1.29, 1.82) is 0 Å². The minimum atomic E-state index is 0.665. The van der Waals surface area contributed by atoms with Crippen LogP contribution in [0, 0.1) is 0 Å². The number of anilines is 1. The van der Waals surface area contributed by atoms with Crippen LogP contribution in [0.4, 0.5) is 5.95 Å². The second kappa shape index (κ2) is 7.50. The third-order valence-corrected chi connectivity index (χ3v) is 3.84. The number of rotatable bonds is 8. The number of imidazole rings is 1. The van der Waals surface area contributed by atoms with E-state index >= 15 is 0 Å². The van der Waals surface area contributed by atoms with E-state index in [1.165, 1.54) is 19.4 Å². The van der Waals surface area contributed by atoms with Gasteiger partial charge in [0, 0.05) is 45.2 Å². The summed E-state index contributed by atoms with van der Waals surface area (Å²) in [6.07, 6.45) is 7.58. The Kier molecular flexibility index (Phi) is 5.66. The summed E-state index contributed by atoms with van der Waals surface area (Å²) in [4.78, 5) is 6.96.